The lowest BCUT2D eigenvalue weighted by Gasteiger charge is -2.11. The van der Waals surface area contributed by atoms with E-state index in [1.165, 1.54) is 33.3 Å². The van der Waals surface area contributed by atoms with Crippen molar-refractivity contribution in [2.24, 2.45) is 0 Å². The molecule has 1 aromatic carbocycles. The van der Waals surface area contributed by atoms with Crippen molar-refractivity contribution in [3.8, 4) is 11.1 Å². The first kappa shape index (κ1) is 14.9. The highest BCUT2D eigenvalue weighted by Gasteiger charge is 2.20. The molecule has 0 aliphatic carbocycles. The van der Waals surface area contributed by atoms with Crippen molar-refractivity contribution in [3.05, 3.63) is 64.7 Å². The second-order valence-electron chi connectivity index (χ2n) is 6.66. The van der Waals surface area contributed by atoms with Crippen LogP contribution >= 0.6 is 0 Å². The molecule has 0 N–H and O–H groups in total. The Balaban J connectivity index is 2.27. The van der Waals surface area contributed by atoms with Crippen LogP contribution in [0.3, 0.4) is 0 Å². The molecule has 24 heavy (non-hydrogen) atoms. The highest BCUT2D eigenvalue weighted by Crippen LogP contribution is 2.38. The SMILES string of the molecule is Cc1cc(C)c(-c2c3nc(C)nc(C)c3n3ccccc23)c(C)c1. The van der Waals surface area contributed by atoms with E-state index in [0.717, 1.165) is 22.6 Å². The number of benzene rings is 1. The van der Waals surface area contributed by atoms with Gasteiger partial charge < -0.3 is 4.40 Å². The van der Waals surface area contributed by atoms with Crippen LogP contribution in [0.25, 0.3) is 27.7 Å². The van der Waals surface area contributed by atoms with Crippen LogP contribution in [-0.2, 0) is 0 Å². The fourth-order valence-corrected chi connectivity index (χ4v) is 3.95. The van der Waals surface area contributed by atoms with Gasteiger partial charge >= 0.3 is 0 Å². The number of pyridine rings is 1. The summed E-state index contributed by atoms with van der Waals surface area (Å²) in [6.07, 6.45) is 2.10. The van der Waals surface area contributed by atoms with E-state index in [-0.39, 0.29) is 0 Å². The summed E-state index contributed by atoms with van der Waals surface area (Å²) in [5.41, 5.74) is 10.7. The Hall–Kier alpha value is -2.68. The van der Waals surface area contributed by atoms with Crippen LogP contribution in [0.1, 0.15) is 28.2 Å². The molecule has 0 saturated carbocycles. The van der Waals surface area contributed by atoms with Gasteiger partial charge in [0.05, 0.1) is 16.7 Å². The van der Waals surface area contributed by atoms with Gasteiger partial charge in [-0.1, -0.05) is 23.8 Å². The Kier molecular flexibility index (Phi) is 3.20. The zero-order valence-corrected chi connectivity index (χ0v) is 14.8. The van der Waals surface area contributed by atoms with E-state index in [0.29, 0.717) is 0 Å². The van der Waals surface area contributed by atoms with E-state index in [4.69, 9.17) is 4.98 Å². The van der Waals surface area contributed by atoms with Crippen molar-refractivity contribution in [2.75, 3.05) is 0 Å². The number of rotatable bonds is 1. The quantitative estimate of drug-likeness (QED) is 0.489. The largest absolute Gasteiger partial charge is 0.313 e. The lowest BCUT2D eigenvalue weighted by atomic mass is 9.93. The average Bonchev–Trinajstić information content (AvgIpc) is 2.81. The van der Waals surface area contributed by atoms with Gasteiger partial charge in [0, 0.05) is 11.8 Å². The third kappa shape index (κ3) is 2.04. The number of aromatic nitrogens is 3. The van der Waals surface area contributed by atoms with Crippen molar-refractivity contribution in [2.45, 2.75) is 34.6 Å². The second kappa shape index (κ2) is 5.17. The normalized spacial score (nSPS) is 11.5. The van der Waals surface area contributed by atoms with Gasteiger partial charge in [0.2, 0.25) is 0 Å². The molecule has 0 unspecified atom stereocenters. The minimum atomic E-state index is 0.819. The zero-order chi connectivity index (χ0) is 17.0. The maximum atomic E-state index is 4.82. The van der Waals surface area contributed by atoms with E-state index in [1.54, 1.807) is 0 Å². The number of nitrogens with zero attached hydrogens (tertiary/aromatic N) is 3. The van der Waals surface area contributed by atoms with Crippen LogP contribution in [0.5, 0.6) is 0 Å². The van der Waals surface area contributed by atoms with Gasteiger partial charge in [-0.15, -0.1) is 0 Å². The van der Waals surface area contributed by atoms with Crippen molar-refractivity contribution in [3.63, 3.8) is 0 Å². The Morgan fingerprint density at radius 2 is 1.54 bits per heavy atom. The topological polar surface area (TPSA) is 30.2 Å². The molecule has 0 atom stereocenters. The van der Waals surface area contributed by atoms with Gasteiger partial charge in [0.1, 0.15) is 11.3 Å². The summed E-state index contributed by atoms with van der Waals surface area (Å²) in [4.78, 5) is 9.41. The third-order valence-electron chi connectivity index (χ3n) is 4.69. The fraction of sp³-hybridized carbons (Fsp3) is 0.238. The lowest BCUT2D eigenvalue weighted by Crippen LogP contribution is -1.95. The van der Waals surface area contributed by atoms with Crippen LogP contribution in [0.2, 0.25) is 0 Å². The molecule has 0 aliphatic rings. The number of fused-ring (bicyclic) bond motifs is 3. The van der Waals surface area contributed by atoms with Gasteiger partial charge in [0.15, 0.2) is 0 Å². The Morgan fingerprint density at radius 1 is 0.833 bits per heavy atom. The maximum Gasteiger partial charge on any atom is 0.126 e. The van der Waals surface area contributed by atoms with Crippen LogP contribution in [-0.4, -0.2) is 14.4 Å². The van der Waals surface area contributed by atoms with Gasteiger partial charge in [-0.05, 0) is 63.4 Å². The summed E-state index contributed by atoms with van der Waals surface area (Å²) < 4.78 is 2.22. The minimum absolute atomic E-state index is 0.819. The predicted octanol–water partition coefficient (Wildman–Crippen LogP) is 5.09. The van der Waals surface area contributed by atoms with Gasteiger partial charge in [-0.3, -0.25) is 0 Å². The summed E-state index contributed by atoms with van der Waals surface area (Å²) in [5.74, 6) is 0.819. The molecule has 0 fully saturated rings. The first-order valence-electron chi connectivity index (χ1n) is 8.29. The molecule has 120 valence electrons. The molecule has 3 heteroatoms. The van der Waals surface area contributed by atoms with Crippen LogP contribution in [0, 0.1) is 34.6 Å². The van der Waals surface area contributed by atoms with Crippen LogP contribution in [0.15, 0.2) is 36.5 Å². The van der Waals surface area contributed by atoms with Crippen LogP contribution < -0.4 is 0 Å². The summed E-state index contributed by atoms with van der Waals surface area (Å²) in [7, 11) is 0. The van der Waals surface area contributed by atoms with Crippen molar-refractivity contribution in [1.82, 2.24) is 14.4 Å². The molecule has 3 nitrogen and oxygen atoms in total. The summed E-state index contributed by atoms with van der Waals surface area (Å²) >= 11 is 0. The predicted molar refractivity (Wildman–Crippen MR) is 99.6 cm³/mol. The van der Waals surface area contributed by atoms with Crippen molar-refractivity contribution >= 4 is 16.6 Å². The van der Waals surface area contributed by atoms with E-state index in [2.05, 4.69) is 73.6 Å². The van der Waals surface area contributed by atoms with Gasteiger partial charge in [0.25, 0.3) is 0 Å². The molecule has 4 aromatic rings. The molecular formula is C21H21N3. The van der Waals surface area contributed by atoms with E-state index in [9.17, 15) is 0 Å². The van der Waals surface area contributed by atoms with Gasteiger partial charge in [-0.2, -0.15) is 0 Å². The average molecular weight is 315 g/mol. The fourth-order valence-electron chi connectivity index (χ4n) is 3.95. The first-order chi connectivity index (χ1) is 11.5. The summed E-state index contributed by atoms with van der Waals surface area (Å²) in [6, 6.07) is 10.8. The Morgan fingerprint density at radius 3 is 2.25 bits per heavy atom. The number of aryl methyl sites for hydroxylation is 5. The molecule has 3 heterocycles. The van der Waals surface area contributed by atoms with Crippen molar-refractivity contribution in [1.29, 1.82) is 0 Å². The molecule has 4 rings (SSSR count). The van der Waals surface area contributed by atoms with Gasteiger partial charge in [-0.25, -0.2) is 9.97 Å². The highest BCUT2D eigenvalue weighted by molar-refractivity contribution is 6.05. The standard InChI is InChI=1S/C21H21N3/c1-12-10-13(2)18(14(3)11-12)19-17-8-6-7-9-24(17)21-15(4)22-16(5)23-20(19)21/h6-11H,1-5H3. The molecule has 0 amide bonds. The first-order valence-corrected chi connectivity index (χ1v) is 8.29. The minimum Gasteiger partial charge on any atom is -0.313 e. The lowest BCUT2D eigenvalue weighted by molar-refractivity contribution is 1.04. The molecule has 0 spiro atoms. The van der Waals surface area contributed by atoms with Crippen LogP contribution in [0.4, 0.5) is 0 Å². The number of hydrogen-bond donors (Lipinski definition) is 0. The Bertz CT molecular complexity index is 1080. The second-order valence-corrected chi connectivity index (χ2v) is 6.66. The summed E-state index contributed by atoms with van der Waals surface area (Å²) in [6.45, 7) is 10.6. The maximum absolute atomic E-state index is 4.82. The molecule has 0 bridgehead atoms. The molecule has 0 saturated heterocycles. The molecule has 0 radical (unpaired) electrons. The Labute approximate surface area is 142 Å². The van der Waals surface area contributed by atoms with Crippen molar-refractivity contribution < 1.29 is 0 Å². The monoisotopic (exact) mass is 315 g/mol. The molecule has 0 aliphatic heterocycles. The number of hydrogen-bond acceptors (Lipinski definition) is 2. The molecular weight excluding hydrogens is 294 g/mol. The summed E-state index contributed by atoms with van der Waals surface area (Å²) in [5, 5.41) is 0. The highest BCUT2D eigenvalue weighted by atomic mass is 15.0. The van der Waals surface area contributed by atoms with E-state index >= 15 is 0 Å². The molecule has 3 aromatic heterocycles. The smallest absolute Gasteiger partial charge is 0.126 e. The van der Waals surface area contributed by atoms with E-state index in [1.807, 2.05) is 6.92 Å². The van der Waals surface area contributed by atoms with E-state index < -0.39 is 0 Å². The zero-order valence-electron chi connectivity index (χ0n) is 14.8. The third-order valence-corrected chi connectivity index (χ3v) is 4.69.